The minimum atomic E-state index is -1.10. The molecule has 30 heavy (non-hydrogen) atoms. The molecule has 1 heterocycles. The van der Waals surface area contributed by atoms with Crippen LogP contribution in [0.2, 0.25) is 5.02 Å². The summed E-state index contributed by atoms with van der Waals surface area (Å²) in [6.07, 6.45) is 3.48. The van der Waals surface area contributed by atoms with Gasteiger partial charge in [-0.25, -0.2) is 4.99 Å². The Hall–Kier alpha value is -2.09. The van der Waals surface area contributed by atoms with Crippen LogP contribution in [0.1, 0.15) is 44.9 Å². The molecule has 0 fully saturated rings. The van der Waals surface area contributed by atoms with Crippen LogP contribution in [0.3, 0.4) is 0 Å². The molecule has 3 N–H and O–H groups in total. The fraction of sp³-hybridized carbons (Fsp3) is 0.545. The van der Waals surface area contributed by atoms with Crippen molar-refractivity contribution < 1.29 is 5.11 Å². The largest absolute Gasteiger partial charge is 0.383 e. The number of nitrogens with zero attached hydrogens (tertiary/aromatic N) is 4. The number of nitrogens with one attached hydrogen (secondary N) is 2. The molecular formula is C22H35ClN6O. The number of aryl methyl sites for hydroxylation is 1. The second kappa shape index (κ2) is 11.3. The van der Waals surface area contributed by atoms with E-state index in [2.05, 4.69) is 45.5 Å². The van der Waals surface area contributed by atoms with Crippen LogP contribution in [0.4, 0.5) is 0 Å². The van der Waals surface area contributed by atoms with Gasteiger partial charge in [-0.15, -0.1) is 0 Å². The van der Waals surface area contributed by atoms with E-state index >= 15 is 0 Å². The summed E-state index contributed by atoms with van der Waals surface area (Å²) in [6, 6.07) is 8.07. The number of aliphatic hydroxyl groups is 1. The third kappa shape index (κ3) is 6.45. The predicted molar refractivity (Wildman–Crippen MR) is 124 cm³/mol. The highest BCUT2D eigenvalue weighted by Gasteiger charge is 2.25. The van der Waals surface area contributed by atoms with Gasteiger partial charge >= 0.3 is 0 Å². The molecule has 0 aliphatic heterocycles. The zero-order valence-electron chi connectivity index (χ0n) is 18.7. The summed E-state index contributed by atoms with van der Waals surface area (Å²) in [4.78, 5) is 6.99. The van der Waals surface area contributed by atoms with Gasteiger partial charge in [-0.05, 0) is 38.6 Å². The van der Waals surface area contributed by atoms with Crippen molar-refractivity contribution in [2.24, 2.45) is 12.0 Å². The highest BCUT2D eigenvalue weighted by molar-refractivity contribution is 6.31. The Morgan fingerprint density at radius 2 is 1.97 bits per heavy atom. The van der Waals surface area contributed by atoms with E-state index in [-0.39, 0.29) is 12.6 Å². The summed E-state index contributed by atoms with van der Waals surface area (Å²) in [5.74, 6) is 0.658. The van der Waals surface area contributed by atoms with E-state index < -0.39 is 5.60 Å². The van der Waals surface area contributed by atoms with Crippen LogP contribution in [0.5, 0.6) is 0 Å². The molecule has 0 saturated heterocycles. The van der Waals surface area contributed by atoms with Crippen LogP contribution in [-0.4, -0.2) is 58.5 Å². The molecule has 0 spiro atoms. The normalized spacial score (nSPS) is 15.1. The van der Waals surface area contributed by atoms with E-state index in [0.29, 0.717) is 12.5 Å². The maximum Gasteiger partial charge on any atom is 0.191 e. The Labute approximate surface area is 185 Å². The molecule has 0 bridgehead atoms. The summed E-state index contributed by atoms with van der Waals surface area (Å²) in [7, 11) is 1.83. The lowest BCUT2D eigenvalue weighted by Gasteiger charge is -2.31. The molecule has 0 saturated carbocycles. The van der Waals surface area contributed by atoms with Gasteiger partial charge in [0.1, 0.15) is 5.60 Å². The van der Waals surface area contributed by atoms with Gasteiger partial charge in [-0.2, -0.15) is 5.10 Å². The monoisotopic (exact) mass is 434 g/mol. The first-order chi connectivity index (χ1) is 14.3. The number of aromatic nitrogens is 2. The molecule has 2 atom stereocenters. The molecular weight excluding hydrogens is 400 g/mol. The van der Waals surface area contributed by atoms with Crippen LogP contribution in [0, 0.1) is 0 Å². The zero-order valence-corrected chi connectivity index (χ0v) is 19.4. The smallest absolute Gasteiger partial charge is 0.191 e. The Kier molecular flexibility index (Phi) is 9.14. The predicted octanol–water partition coefficient (Wildman–Crippen LogP) is 2.92. The topological polar surface area (TPSA) is 77.7 Å². The van der Waals surface area contributed by atoms with Crippen molar-refractivity contribution in [3.8, 4) is 0 Å². The van der Waals surface area contributed by atoms with E-state index in [1.54, 1.807) is 17.8 Å². The zero-order chi connectivity index (χ0) is 22.1. The summed E-state index contributed by atoms with van der Waals surface area (Å²) in [5, 5.41) is 22.4. The Balaban J connectivity index is 2.17. The highest BCUT2D eigenvalue weighted by atomic mass is 35.5. The fourth-order valence-electron chi connectivity index (χ4n) is 3.40. The minimum Gasteiger partial charge on any atom is -0.383 e. The van der Waals surface area contributed by atoms with Gasteiger partial charge in [0.15, 0.2) is 5.96 Å². The number of aliphatic imine (C=N–C) groups is 1. The number of hydrogen-bond donors (Lipinski definition) is 3. The molecule has 2 aromatic rings. The van der Waals surface area contributed by atoms with Gasteiger partial charge in [0.2, 0.25) is 0 Å². The Morgan fingerprint density at radius 1 is 1.27 bits per heavy atom. The van der Waals surface area contributed by atoms with Crippen molar-refractivity contribution in [3.63, 3.8) is 0 Å². The van der Waals surface area contributed by atoms with Gasteiger partial charge in [0, 0.05) is 36.9 Å². The average Bonchev–Trinajstić information content (AvgIpc) is 3.17. The maximum atomic E-state index is 10.8. The van der Waals surface area contributed by atoms with Gasteiger partial charge in [0.25, 0.3) is 0 Å². The molecule has 7 nitrogen and oxygen atoms in total. The SMILES string of the molecule is CCNC(=NCC(C)(O)c1cnn(C)c1)NCC(c1ccccc1Cl)N(CC)CC. The van der Waals surface area contributed by atoms with Crippen molar-refractivity contribution in [3.05, 3.63) is 52.8 Å². The van der Waals surface area contributed by atoms with Crippen molar-refractivity contribution in [2.45, 2.75) is 39.3 Å². The van der Waals surface area contributed by atoms with Crippen molar-refractivity contribution in [2.75, 3.05) is 32.7 Å². The quantitative estimate of drug-likeness (QED) is 0.396. The lowest BCUT2D eigenvalue weighted by atomic mass is 10.0. The van der Waals surface area contributed by atoms with Gasteiger partial charge in [0.05, 0.1) is 18.8 Å². The highest BCUT2D eigenvalue weighted by Crippen LogP contribution is 2.27. The summed E-state index contributed by atoms with van der Waals surface area (Å²) in [5.41, 5.74) is 0.729. The molecule has 0 aliphatic rings. The second-order valence-corrected chi connectivity index (χ2v) is 7.92. The number of benzene rings is 1. The number of halogens is 1. The van der Waals surface area contributed by atoms with E-state index in [1.165, 1.54) is 0 Å². The molecule has 1 aromatic carbocycles. The number of likely N-dealkylation sites (N-methyl/N-ethyl adjacent to an activating group) is 1. The fourth-order valence-corrected chi connectivity index (χ4v) is 3.67. The summed E-state index contributed by atoms with van der Waals surface area (Å²) < 4.78 is 1.68. The van der Waals surface area contributed by atoms with Crippen molar-refractivity contribution in [1.29, 1.82) is 0 Å². The second-order valence-electron chi connectivity index (χ2n) is 7.51. The van der Waals surface area contributed by atoms with E-state index in [9.17, 15) is 5.11 Å². The molecule has 1 aromatic heterocycles. The summed E-state index contributed by atoms with van der Waals surface area (Å²) in [6.45, 7) is 11.5. The average molecular weight is 435 g/mol. The molecule has 166 valence electrons. The van der Waals surface area contributed by atoms with Crippen LogP contribution in [0.25, 0.3) is 0 Å². The molecule has 2 unspecified atom stereocenters. The third-order valence-corrected chi connectivity index (χ3v) is 5.54. The van der Waals surface area contributed by atoms with E-state index in [1.807, 2.05) is 38.4 Å². The minimum absolute atomic E-state index is 0.108. The van der Waals surface area contributed by atoms with Crippen LogP contribution in [0.15, 0.2) is 41.7 Å². The van der Waals surface area contributed by atoms with Gasteiger partial charge < -0.3 is 15.7 Å². The van der Waals surface area contributed by atoms with Crippen molar-refractivity contribution >= 4 is 17.6 Å². The van der Waals surface area contributed by atoms with Crippen LogP contribution >= 0.6 is 11.6 Å². The standard InChI is InChI=1S/C22H35ClN6O/c1-6-24-21(26-16-22(4,30)17-13-27-28(5)15-17)25-14-20(29(7-2)8-3)18-11-9-10-12-19(18)23/h9-13,15,20,30H,6-8,14,16H2,1-5H3,(H2,24,25,26). The molecule has 2 rings (SSSR count). The summed E-state index contributed by atoms with van der Waals surface area (Å²) >= 11 is 6.50. The van der Waals surface area contributed by atoms with E-state index in [0.717, 1.165) is 35.8 Å². The molecule has 8 heteroatoms. The van der Waals surface area contributed by atoms with Gasteiger partial charge in [-0.1, -0.05) is 43.6 Å². The maximum absolute atomic E-state index is 10.8. The number of hydrogen-bond acceptors (Lipinski definition) is 4. The molecule has 0 amide bonds. The lowest BCUT2D eigenvalue weighted by Crippen LogP contribution is -2.44. The first kappa shape index (κ1) is 24.2. The van der Waals surface area contributed by atoms with Crippen LogP contribution < -0.4 is 10.6 Å². The van der Waals surface area contributed by atoms with Gasteiger partial charge in [-0.3, -0.25) is 9.58 Å². The lowest BCUT2D eigenvalue weighted by molar-refractivity contribution is 0.0671. The number of guanidine groups is 1. The first-order valence-corrected chi connectivity index (χ1v) is 10.9. The van der Waals surface area contributed by atoms with E-state index in [4.69, 9.17) is 11.6 Å². The Bertz CT molecular complexity index is 815. The molecule has 0 radical (unpaired) electrons. The van der Waals surface area contributed by atoms with Crippen LogP contribution in [-0.2, 0) is 12.6 Å². The molecule has 0 aliphatic carbocycles. The third-order valence-electron chi connectivity index (χ3n) is 5.20. The first-order valence-electron chi connectivity index (χ1n) is 10.5. The Morgan fingerprint density at radius 3 is 2.53 bits per heavy atom. The van der Waals surface area contributed by atoms with Crippen molar-refractivity contribution in [1.82, 2.24) is 25.3 Å². The number of rotatable bonds is 10.